The molecule has 0 atom stereocenters. The lowest BCUT2D eigenvalue weighted by molar-refractivity contribution is -0.385. The third kappa shape index (κ3) is 4.19. The van der Waals surface area contributed by atoms with Gasteiger partial charge in [-0.2, -0.15) is 0 Å². The maximum absolute atomic E-state index is 10.8. The Kier molecular flexibility index (Phi) is 5.14. The van der Waals surface area contributed by atoms with Crippen molar-refractivity contribution in [3.05, 3.63) is 63.7 Å². The summed E-state index contributed by atoms with van der Waals surface area (Å²) in [6, 6.07) is 10.6. The molecule has 120 valence electrons. The topological polar surface area (TPSA) is 98.9 Å². The first-order chi connectivity index (χ1) is 11.0. The molecule has 2 aromatic carbocycles. The molecule has 7 nitrogen and oxygen atoms in total. The molecule has 0 aliphatic carbocycles. The number of methoxy groups -OCH3 is 1. The molecule has 23 heavy (non-hydrogen) atoms. The van der Waals surface area contributed by atoms with Crippen molar-refractivity contribution in [3.63, 3.8) is 0 Å². The van der Waals surface area contributed by atoms with Gasteiger partial charge in [-0.1, -0.05) is 12.1 Å². The minimum absolute atomic E-state index is 0.0709. The van der Waals surface area contributed by atoms with Crippen LogP contribution in [0.15, 0.2) is 42.5 Å². The monoisotopic (exact) mass is 317 g/mol. The summed E-state index contributed by atoms with van der Waals surface area (Å²) in [6.45, 7) is 0.334. The first-order valence-corrected chi connectivity index (χ1v) is 6.78. The summed E-state index contributed by atoms with van der Waals surface area (Å²) in [6.07, 6.45) is 0.569. The lowest BCUT2D eigenvalue weighted by Crippen LogP contribution is -2.03. The second-order valence-electron chi connectivity index (χ2n) is 4.69. The zero-order valence-electron chi connectivity index (χ0n) is 12.4. The number of ether oxygens (including phenoxy) is 2. The molecule has 0 saturated carbocycles. The van der Waals surface area contributed by atoms with Crippen LogP contribution in [0.5, 0.6) is 11.5 Å². The summed E-state index contributed by atoms with van der Waals surface area (Å²) in [7, 11) is 1.41. The van der Waals surface area contributed by atoms with Crippen LogP contribution in [0.1, 0.15) is 15.9 Å². The van der Waals surface area contributed by atoms with E-state index < -0.39 is 10.9 Å². The molecule has 0 aromatic heterocycles. The molecular formula is C16H15NO6. The Labute approximate surface area is 132 Å². The van der Waals surface area contributed by atoms with Crippen molar-refractivity contribution in [2.24, 2.45) is 0 Å². The second kappa shape index (κ2) is 7.26. The number of carbonyl (C=O) groups is 1. The highest BCUT2D eigenvalue weighted by Gasteiger charge is 2.12. The van der Waals surface area contributed by atoms with Gasteiger partial charge in [-0.15, -0.1) is 0 Å². The van der Waals surface area contributed by atoms with Crippen molar-refractivity contribution in [2.75, 3.05) is 13.7 Å². The highest BCUT2D eigenvalue weighted by molar-refractivity contribution is 5.87. The van der Waals surface area contributed by atoms with E-state index in [2.05, 4.69) is 0 Å². The number of carboxylic acids is 1. The molecule has 2 aromatic rings. The van der Waals surface area contributed by atoms with Gasteiger partial charge in [0.25, 0.3) is 5.69 Å². The van der Waals surface area contributed by atoms with Gasteiger partial charge in [0, 0.05) is 12.5 Å². The van der Waals surface area contributed by atoms with Crippen LogP contribution in [0.3, 0.4) is 0 Å². The second-order valence-corrected chi connectivity index (χ2v) is 4.69. The number of nitrogens with zero attached hydrogens (tertiary/aromatic N) is 1. The van der Waals surface area contributed by atoms with Crippen molar-refractivity contribution < 1.29 is 24.3 Å². The maximum atomic E-state index is 10.8. The number of hydrogen-bond acceptors (Lipinski definition) is 5. The molecule has 0 spiro atoms. The maximum Gasteiger partial charge on any atom is 0.335 e. The fourth-order valence-corrected chi connectivity index (χ4v) is 1.98. The number of carboxylic acid groups (broad SMARTS) is 1. The molecule has 0 aliphatic heterocycles. The molecule has 0 amide bonds. The molecule has 0 saturated heterocycles. The molecule has 0 bridgehead atoms. The van der Waals surface area contributed by atoms with Crippen LogP contribution < -0.4 is 9.47 Å². The quantitative estimate of drug-likeness (QED) is 0.622. The molecule has 0 radical (unpaired) electrons. The highest BCUT2D eigenvalue weighted by atomic mass is 16.6. The number of non-ortho nitro benzene ring substituents is 1. The lowest BCUT2D eigenvalue weighted by atomic mass is 10.1. The van der Waals surface area contributed by atoms with Gasteiger partial charge in [-0.3, -0.25) is 10.1 Å². The van der Waals surface area contributed by atoms with Crippen molar-refractivity contribution >= 4 is 11.7 Å². The Morgan fingerprint density at radius 2 is 1.87 bits per heavy atom. The first-order valence-electron chi connectivity index (χ1n) is 6.78. The summed E-state index contributed by atoms with van der Waals surface area (Å²) in [5.41, 5.74) is 1.08. The number of nitro benzene ring substituents is 1. The van der Waals surface area contributed by atoms with E-state index in [0.717, 1.165) is 5.56 Å². The molecule has 0 fully saturated rings. The van der Waals surface area contributed by atoms with E-state index >= 15 is 0 Å². The Morgan fingerprint density at radius 3 is 2.43 bits per heavy atom. The summed E-state index contributed by atoms with van der Waals surface area (Å²) in [5, 5.41) is 19.6. The summed E-state index contributed by atoms with van der Waals surface area (Å²) < 4.78 is 10.7. The van der Waals surface area contributed by atoms with Crippen molar-refractivity contribution in [1.82, 2.24) is 0 Å². The minimum atomic E-state index is -0.969. The van der Waals surface area contributed by atoms with Gasteiger partial charge >= 0.3 is 5.97 Å². The van der Waals surface area contributed by atoms with Gasteiger partial charge in [-0.25, -0.2) is 4.79 Å². The molecule has 0 unspecified atom stereocenters. The standard InChI is InChI=1S/C16H15NO6/c1-22-15-10-13(17(20)21)6-7-14(15)23-9-8-11-2-4-12(5-3-11)16(18)19/h2-7,10H,8-9H2,1H3,(H,18,19). The molecule has 1 N–H and O–H groups in total. The van der Waals surface area contributed by atoms with Crippen molar-refractivity contribution in [2.45, 2.75) is 6.42 Å². The van der Waals surface area contributed by atoms with Gasteiger partial charge < -0.3 is 14.6 Å². The Bertz CT molecular complexity index is 711. The fourth-order valence-electron chi connectivity index (χ4n) is 1.98. The van der Waals surface area contributed by atoms with Crippen LogP contribution >= 0.6 is 0 Å². The van der Waals surface area contributed by atoms with Gasteiger partial charge in [0.05, 0.1) is 30.3 Å². The molecule has 0 heterocycles. The zero-order valence-corrected chi connectivity index (χ0v) is 12.4. The van der Waals surface area contributed by atoms with E-state index in [4.69, 9.17) is 14.6 Å². The van der Waals surface area contributed by atoms with E-state index in [-0.39, 0.29) is 11.3 Å². The number of benzene rings is 2. The number of rotatable bonds is 7. The van der Waals surface area contributed by atoms with Crippen LogP contribution in [-0.2, 0) is 6.42 Å². The highest BCUT2D eigenvalue weighted by Crippen LogP contribution is 2.31. The SMILES string of the molecule is COc1cc([N+](=O)[O-])ccc1OCCc1ccc(C(=O)O)cc1. The molecule has 0 aliphatic rings. The van der Waals surface area contributed by atoms with Gasteiger partial charge in [0.15, 0.2) is 11.5 Å². The number of aromatic carboxylic acids is 1. The molecule has 7 heteroatoms. The van der Waals surface area contributed by atoms with Gasteiger partial charge in [-0.05, 0) is 23.8 Å². The Hall–Kier alpha value is -3.09. The van der Waals surface area contributed by atoms with Crippen LogP contribution in [-0.4, -0.2) is 29.7 Å². The van der Waals surface area contributed by atoms with Crippen LogP contribution in [0, 0.1) is 10.1 Å². The average Bonchev–Trinajstić information content (AvgIpc) is 2.55. The molecular weight excluding hydrogens is 302 g/mol. The van der Waals surface area contributed by atoms with E-state index in [1.807, 2.05) is 0 Å². The first kappa shape index (κ1) is 16.3. The van der Waals surface area contributed by atoms with Crippen LogP contribution in [0.4, 0.5) is 5.69 Å². The molecule has 2 rings (SSSR count). The van der Waals surface area contributed by atoms with Crippen molar-refractivity contribution in [3.8, 4) is 11.5 Å². The van der Waals surface area contributed by atoms with E-state index in [0.29, 0.717) is 24.5 Å². The lowest BCUT2D eigenvalue weighted by Gasteiger charge is -2.10. The summed E-state index contributed by atoms with van der Waals surface area (Å²) in [5.74, 6) is -0.260. The van der Waals surface area contributed by atoms with E-state index in [1.54, 1.807) is 12.1 Å². The predicted octanol–water partition coefficient (Wildman–Crippen LogP) is 2.92. The third-order valence-electron chi connectivity index (χ3n) is 3.21. The zero-order chi connectivity index (χ0) is 16.8. The third-order valence-corrected chi connectivity index (χ3v) is 3.21. The van der Waals surface area contributed by atoms with E-state index in [9.17, 15) is 14.9 Å². The summed E-state index contributed by atoms with van der Waals surface area (Å²) in [4.78, 5) is 21.0. The van der Waals surface area contributed by atoms with E-state index in [1.165, 1.54) is 37.4 Å². The van der Waals surface area contributed by atoms with Gasteiger partial charge in [0.1, 0.15) is 0 Å². The predicted molar refractivity (Wildman–Crippen MR) is 82.2 cm³/mol. The average molecular weight is 317 g/mol. The smallest absolute Gasteiger partial charge is 0.335 e. The minimum Gasteiger partial charge on any atom is -0.493 e. The van der Waals surface area contributed by atoms with Crippen molar-refractivity contribution in [1.29, 1.82) is 0 Å². The Balaban J connectivity index is 1.98. The van der Waals surface area contributed by atoms with Crippen LogP contribution in [0.2, 0.25) is 0 Å². The normalized spacial score (nSPS) is 10.1. The fraction of sp³-hybridized carbons (Fsp3) is 0.188. The Morgan fingerprint density at radius 1 is 1.17 bits per heavy atom. The largest absolute Gasteiger partial charge is 0.493 e. The summed E-state index contributed by atoms with van der Waals surface area (Å²) >= 11 is 0. The van der Waals surface area contributed by atoms with Gasteiger partial charge in [0.2, 0.25) is 0 Å². The number of hydrogen-bond donors (Lipinski definition) is 1. The number of nitro groups is 1. The van der Waals surface area contributed by atoms with Crippen LogP contribution in [0.25, 0.3) is 0 Å².